The number of aliphatic carboxylic acids is 1. The second-order valence-corrected chi connectivity index (χ2v) is 5.38. The zero-order valence-corrected chi connectivity index (χ0v) is 13.9. The number of carboxylic acids is 1. The van der Waals surface area contributed by atoms with E-state index in [4.69, 9.17) is 0 Å². The summed E-state index contributed by atoms with van der Waals surface area (Å²) in [7, 11) is 0. The van der Waals surface area contributed by atoms with Gasteiger partial charge in [-0.25, -0.2) is 9.48 Å². The molecule has 0 aromatic carbocycles. The predicted octanol–water partition coefficient (Wildman–Crippen LogP) is 0.319. The summed E-state index contributed by atoms with van der Waals surface area (Å²) in [6, 6.07) is 2.48. The van der Waals surface area contributed by atoms with Crippen molar-refractivity contribution >= 4 is 17.8 Å². The minimum Gasteiger partial charge on any atom is -0.480 e. The van der Waals surface area contributed by atoms with Gasteiger partial charge in [-0.2, -0.15) is 5.10 Å². The van der Waals surface area contributed by atoms with Gasteiger partial charge in [0.2, 0.25) is 5.91 Å². The summed E-state index contributed by atoms with van der Waals surface area (Å²) in [6.07, 6.45) is 6.10. The SMILES string of the molecule is CC(=O)NCCN(C(=O)c1cnn(-c2cccnc2)c1)C(C)C(=O)O. The van der Waals surface area contributed by atoms with E-state index in [1.165, 1.54) is 35.8 Å². The van der Waals surface area contributed by atoms with Crippen LogP contribution in [0.5, 0.6) is 0 Å². The zero-order valence-electron chi connectivity index (χ0n) is 13.9. The minimum absolute atomic E-state index is 0.0734. The van der Waals surface area contributed by atoms with Gasteiger partial charge >= 0.3 is 5.97 Å². The first kappa shape index (κ1) is 18.1. The summed E-state index contributed by atoms with van der Waals surface area (Å²) in [5, 5.41) is 15.9. The molecule has 132 valence electrons. The van der Waals surface area contributed by atoms with Crippen molar-refractivity contribution in [3.63, 3.8) is 0 Å². The summed E-state index contributed by atoms with van der Waals surface area (Å²) < 4.78 is 1.48. The Bertz CT molecular complexity index is 759. The first-order valence-corrected chi connectivity index (χ1v) is 7.63. The van der Waals surface area contributed by atoms with Crippen molar-refractivity contribution in [1.29, 1.82) is 0 Å². The second kappa shape index (κ2) is 8.04. The molecule has 0 saturated heterocycles. The summed E-state index contributed by atoms with van der Waals surface area (Å²) in [4.78, 5) is 40.1. The molecule has 0 fully saturated rings. The molecule has 1 atom stereocenters. The Labute approximate surface area is 144 Å². The van der Waals surface area contributed by atoms with E-state index in [0.717, 1.165) is 0 Å². The van der Waals surface area contributed by atoms with Crippen molar-refractivity contribution < 1.29 is 19.5 Å². The standard InChI is InChI=1S/C16H19N5O4/c1-11(16(24)25)20(7-6-18-12(2)22)15(23)13-8-19-21(10-13)14-4-3-5-17-9-14/h3-5,8-11H,6-7H2,1-2H3,(H,18,22)(H,24,25). The van der Waals surface area contributed by atoms with Crippen molar-refractivity contribution in [2.45, 2.75) is 19.9 Å². The van der Waals surface area contributed by atoms with Crippen LogP contribution < -0.4 is 5.32 Å². The van der Waals surface area contributed by atoms with Crippen molar-refractivity contribution in [2.75, 3.05) is 13.1 Å². The number of carbonyl (C=O) groups excluding carboxylic acids is 2. The molecule has 9 nitrogen and oxygen atoms in total. The third-order valence-electron chi connectivity index (χ3n) is 3.55. The minimum atomic E-state index is -1.13. The lowest BCUT2D eigenvalue weighted by Gasteiger charge is -2.26. The maximum atomic E-state index is 12.7. The van der Waals surface area contributed by atoms with Crippen LogP contribution in [0.3, 0.4) is 0 Å². The molecule has 0 bridgehead atoms. The van der Waals surface area contributed by atoms with E-state index in [9.17, 15) is 19.5 Å². The summed E-state index contributed by atoms with van der Waals surface area (Å²) in [5.41, 5.74) is 0.928. The molecule has 0 aliphatic heterocycles. The van der Waals surface area contributed by atoms with Gasteiger partial charge in [0.1, 0.15) is 6.04 Å². The highest BCUT2D eigenvalue weighted by Gasteiger charge is 2.27. The number of nitrogens with one attached hydrogen (secondary N) is 1. The lowest BCUT2D eigenvalue weighted by Crippen LogP contribution is -2.46. The molecular formula is C16H19N5O4. The molecule has 25 heavy (non-hydrogen) atoms. The van der Waals surface area contributed by atoms with Crippen molar-refractivity contribution in [2.24, 2.45) is 0 Å². The van der Waals surface area contributed by atoms with Crippen LogP contribution in [0.25, 0.3) is 5.69 Å². The molecule has 9 heteroatoms. The number of hydrogen-bond donors (Lipinski definition) is 2. The molecule has 2 rings (SSSR count). The normalized spacial score (nSPS) is 11.6. The highest BCUT2D eigenvalue weighted by molar-refractivity contribution is 5.96. The van der Waals surface area contributed by atoms with Crippen LogP contribution in [0.2, 0.25) is 0 Å². The van der Waals surface area contributed by atoms with Gasteiger partial charge in [0, 0.05) is 32.4 Å². The number of carboxylic acid groups (broad SMARTS) is 1. The van der Waals surface area contributed by atoms with Gasteiger partial charge in [0.15, 0.2) is 0 Å². The summed E-state index contributed by atoms with van der Waals surface area (Å²) in [5.74, 6) is -1.86. The first-order chi connectivity index (χ1) is 11.9. The van der Waals surface area contributed by atoms with Crippen molar-refractivity contribution in [3.8, 4) is 5.69 Å². The number of rotatable bonds is 7. The third kappa shape index (κ3) is 4.63. The molecular weight excluding hydrogens is 326 g/mol. The first-order valence-electron chi connectivity index (χ1n) is 7.63. The number of hydrogen-bond acceptors (Lipinski definition) is 5. The van der Waals surface area contributed by atoms with E-state index in [2.05, 4.69) is 15.4 Å². The summed E-state index contributed by atoms with van der Waals surface area (Å²) in [6.45, 7) is 3.00. The smallest absolute Gasteiger partial charge is 0.326 e. The Morgan fingerprint density at radius 1 is 1.36 bits per heavy atom. The van der Waals surface area contributed by atoms with Crippen LogP contribution in [0.1, 0.15) is 24.2 Å². The lowest BCUT2D eigenvalue weighted by molar-refractivity contribution is -0.141. The maximum absolute atomic E-state index is 12.7. The van der Waals surface area contributed by atoms with Crippen LogP contribution in [0, 0.1) is 0 Å². The fraction of sp³-hybridized carbons (Fsp3) is 0.312. The molecule has 2 N–H and O–H groups in total. The predicted molar refractivity (Wildman–Crippen MR) is 88.2 cm³/mol. The monoisotopic (exact) mass is 345 g/mol. The molecule has 2 amide bonds. The summed E-state index contributed by atoms with van der Waals surface area (Å²) >= 11 is 0. The largest absolute Gasteiger partial charge is 0.480 e. The van der Waals surface area contributed by atoms with Crippen LogP contribution in [0.15, 0.2) is 36.9 Å². The van der Waals surface area contributed by atoms with E-state index in [1.54, 1.807) is 24.5 Å². The van der Waals surface area contributed by atoms with Crippen molar-refractivity contribution in [3.05, 3.63) is 42.5 Å². The molecule has 2 heterocycles. The molecule has 0 radical (unpaired) electrons. The Hall–Kier alpha value is -3.23. The van der Waals surface area contributed by atoms with Crippen LogP contribution in [0.4, 0.5) is 0 Å². The second-order valence-electron chi connectivity index (χ2n) is 5.38. The average molecular weight is 345 g/mol. The maximum Gasteiger partial charge on any atom is 0.326 e. The fourth-order valence-corrected chi connectivity index (χ4v) is 2.19. The van der Waals surface area contributed by atoms with Gasteiger partial charge in [-0.05, 0) is 19.1 Å². The van der Waals surface area contributed by atoms with E-state index < -0.39 is 17.9 Å². The number of aromatic nitrogens is 3. The Morgan fingerprint density at radius 2 is 2.12 bits per heavy atom. The van der Waals surface area contributed by atoms with Gasteiger partial charge in [0.05, 0.1) is 23.6 Å². The number of nitrogens with zero attached hydrogens (tertiary/aromatic N) is 4. The number of amides is 2. The molecule has 2 aromatic rings. The van der Waals surface area contributed by atoms with Gasteiger partial charge in [-0.1, -0.05) is 0 Å². The zero-order chi connectivity index (χ0) is 18.4. The van der Waals surface area contributed by atoms with E-state index in [0.29, 0.717) is 5.69 Å². The highest BCUT2D eigenvalue weighted by atomic mass is 16.4. The molecule has 0 aliphatic carbocycles. The van der Waals surface area contributed by atoms with Gasteiger partial charge in [-0.15, -0.1) is 0 Å². The van der Waals surface area contributed by atoms with Crippen molar-refractivity contribution in [1.82, 2.24) is 25.0 Å². The van der Waals surface area contributed by atoms with Crippen LogP contribution in [-0.4, -0.2) is 61.7 Å². The molecule has 1 unspecified atom stereocenters. The Morgan fingerprint density at radius 3 is 2.72 bits per heavy atom. The fourth-order valence-electron chi connectivity index (χ4n) is 2.19. The Balaban J connectivity index is 2.19. The van der Waals surface area contributed by atoms with Gasteiger partial charge in [-0.3, -0.25) is 14.6 Å². The van der Waals surface area contributed by atoms with Crippen LogP contribution in [-0.2, 0) is 9.59 Å². The molecule has 2 aromatic heterocycles. The third-order valence-corrected chi connectivity index (χ3v) is 3.55. The molecule has 0 spiro atoms. The number of carbonyl (C=O) groups is 3. The van der Waals surface area contributed by atoms with Crippen LogP contribution >= 0.6 is 0 Å². The van der Waals surface area contributed by atoms with E-state index in [-0.39, 0.29) is 24.6 Å². The van der Waals surface area contributed by atoms with Gasteiger partial charge < -0.3 is 15.3 Å². The molecule has 0 aliphatic rings. The molecule has 0 saturated carbocycles. The van der Waals surface area contributed by atoms with E-state index >= 15 is 0 Å². The van der Waals surface area contributed by atoms with Gasteiger partial charge in [0.25, 0.3) is 5.91 Å². The lowest BCUT2D eigenvalue weighted by atomic mass is 10.2. The number of pyridine rings is 1. The quantitative estimate of drug-likeness (QED) is 0.746. The Kier molecular flexibility index (Phi) is 5.83. The topological polar surface area (TPSA) is 117 Å². The van der Waals surface area contributed by atoms with E-state index in [1.807, 2.05) is 0 Å². The average Bonchev–Trinajstić information content (AvgIpc) is 3.08. The highest BCUT2D eigenvalue weighted by Crippen LogP contribution is 2.11.